The Morgan fingerprint density at radius 1 is 1.15 bits per heavy atom. The third kappa shape index (κ3) is 5.45. The molecule has 1 N–H and O–H groups in total. The summed E-state index contributed by atoms with van der Waals surface area (Å²) in [5, 5.41) is 12.4. The molecule has 1 aromatic heterocycles. The second-order valence-electron chi connectivity index (χ2n) is 6.86. The van der Waals surface area contributed by atoms with Crippen molar-refractivity contribution in [1.82, 2.24) is 0 Å². The number of nitrogens with zero attached hydrogens (tertiary/aromatic N) is 1. The van der Waals surface area contributed by atoms with Crippen LogP contribution in [0, 0.1) is 24.1 Å². The number of methoxy groups -OCH3 is 1. The summed E-state index contributed by atoms with van der Waals surface area (Å²) in [5.74, 6) is -1.04. The van der Waals surface area contributed by atoms with Gasteiger partial charge in [-0.15, -0.1) is 11.3 Å². The van der Waals surface area contributed by atoms with Gasteiger partial charge in [0.2, 0.25) is 0 Å². The standard InChI is InChI=1S/C25H21FN2O4S/c1-4-32-20-11-5-16(6-12-20)13-18(14-27)23(29)28-24-22(25(30)31-3)21(15(2)33-24)17-7-9-19(26)10-8-17/h5-13H,4H2,1-3H3,(H,28,29)/b18-13+. The summed E-state index contributed by atoms with van der Waals surface area (Å²) in [4.78, 5) is 26.2. The molecule has 0 aliphatic rings. The molecular formula is C25H21FN2O4S. The number of ether oxygens (including phenoxy) is 2. The van der Waals surface area contributed by atoms with Crippen LogP contribution in [-0.2, 0) is 9.53 Å². The molecule has 0 fully saturated rings. The van der Waals surface area contributed by atoms with Gasteiger partial charge in [-0.25, -0.2) is 9.18 Å². The summed E-state index contributed by atoms with van der Waals surface area (Å²) < 4.78 is 23.7. The number of carbonyl (C=O) groups excluding carboxylic acids is 2. The fraction of sp³-hybridized carbons (Fsp3) is 0.160. The molecule has 0 bridgehead atoms. The minimum atomic E-state index is -0.663. The third-order valence-electron chi connectivity index (χ3n) is 4.70. The first-order valence-corrected chi connectivity index (χ1v) is 10.8. The topological polar surface area (TPSA) is 88.4 Å². The summed E-state index contributed by atoms with van der Waals surface area (Å²) >= 11 is 1.17. The van der Waals surface area contributed by atoms with Crippen molar-refractivity contribution in [2.24, 2.45) is 0 Å². The molecule has 0 unspecified atom stereocenters. The van der Waals surface area contributed by atoms with Crippen LogP contribution in [0.4, 0.5) is 9.39 Å². The van der Waals surface area contributed by atoms with Crippen molar-refractivity contribution in [3.63, 3.8) is 0 Å². The maximum atomic E-state index is 13.4. The second kappa shape index (κ2) is 10.6. The molecule has 1 amide bonds. The number of rotatable bonds is 7. The lowest BCUT2D eigenvalue weighted by Crippen LogP contribution is -2.15. The Bertz CT molecular complexity index is 1240. The van der Waals surface area contributed by atoms with Crippen LogP contribution >= 0.6 is 11.3 Å². The Labute approximate surface area is 194 Å². The van der Waals surface area contributed by atoms with Gasteiger partial charge < -0.3 is 14.8 Å². The molecule has 8 heteroatoms. The number of thiophene rings is 1. The van der Waals surface area contributed by atoms with E-state index >= 15 is 0 Å². The Hall–Kier alpha value is -3.96. The summed E-state index contributed by atoms with van der Waals surface area (Å²) in [5.41, 5.74) is 1.81. The van der Waals surface area contributed by atoms with E-state index in [9.17, 15) is 19.2 Å². The van der Waals surface area contributed by atoms with Crippen molar-refractivity contribution in [3.05, 3.63) is 75.9 Å². The first-order valence-electron chi connectivity index (χ1n) is 10.0. The lowest BCUT2D eigenvalue weighted by molar-refractivity contribution is -0.112. The largest absolute Gasteiger partial charge is 0.494 e. The van der Waals surface area contributed by atoms with Gasteiger partial charge in [0.15, 0.2) is 0 Å². The molecular weight excluding hydrogens is 443 g/mol. The number of nitrogens with one attached hydrogen (secondary N) is 1. The number of carbonyl (C=O) groups is 2. The van der Waals surface area contributed by atoms with Gasteiger partial charge in [-0.3, -0.25) is 4.79 Å². The number of hydrogen-bond donors (Lipinski definition) is 1. The minimum Gasteiger partial charge on any atom is -0.494 e. The van der Waals surface area contributed by atoms with Crippen LogP contribution in [0.3, 0.4) is 0 Å². The molecule has 1 heterocycles. The van der Waals surface area contributed by atoms with Crippen LogP contribution in [0.25, 0.3) is 17.2 Å². The number of nitriles is 1. The van der Waals surface area contributed by atoms with E-state index in [1.54, 1.807) is 43.3 Å². The molecule has 0 radical (unpaired) electrons. The number of hydrogen-bond acceptors (Lipinski definition) is 6. The van der Waals surface area contributed by atoms with Crippen LogP contribution < -0.4 is 10.1 Å². The number of amides is 1. The smallest absolute Gasteiger partial charge is 0.341 e. The molecule has 168 valence electrons. The molecule has 6 nitrogen and oxygen atoms in total. The molecule has 33 heavy (non-hydrogen) atoms. The van der Waals surface area contributed by atoms with Crippen LogP contribution in [0.2, 0.25) is 0 Å². The summed E-state index contributed by atoms with van der Waals surface area (Å²) in [6, 6.07) is 14.5. The van der Waals surface area contributed by atoms with Crippen LogP contribution in [0.1, 0.15) is 27.7 Å². The van der Waals surface area contributed by atoms with E-state index < -0.39 is 17.7 Å². The van der Waals surface area contributed by atoms with Gasteiger partial charge in [0.25, 0.3) is 5.91 Å². The van der Waals surface area contributed by atoms with Crippen molar-refractivity contribution >= 4 is 34.3 Å². The normalized spacial score (nSPS) is 10.9. The predicted molar refractivity (Wildman–Crippen MR) is 126 cm³/mol. The highest BCUT2D eigenvalue weighted by Crippen LogP contribution is 2.40. The van der Waals surface area contributed by atoms with Crippen molar-refractivity contribution < 1.29 is 23.5 Å². The molecule has 3 rings (SSSR count). The molecule has 0 atom stereocenters. The average Bonchev–Trinajstić information content (AvgIpc) is 3.14. The van der Waals surface area contributed by atoms with E-state index in [0.29, 0.717) is 29.0 Å². The van der Waals surface area contributed by atoms with Gasteiger partial charge >= 0.3 is 5.97 Å². The van der Waals surface area contributed by atoms with Crippen molar-refractivity contribution in [1.29, 1.82) is 5.26 Å². The molecule has 0 aliphatic heterocycles. The quantitative estimate of drug-likeness (QED) is 0.280. The van der Waals surface area contributed by atoms with Gasteiger partial charge in [0, 0.05) is 10.4 Å². The number of halogens is 1. The van der Waals surface area contributed by atoms with Gasteiger partial charge in [-0.2, -0.15) is 5.26 Å². The fourth-order valence-corrected chi connectivity index (χ4v) is 4.27. The number of aryl methyl sites for hydroxylation is 1. The summed E-state index contributed by atoms with van der Waals surface area (Å²) in [6.07, 6.45) is 1.45. The Morgan fingerprint density at radius 3 is 2.39 bits per heavy atom. The van der Waals surface area contributed by atoms with Gasteiger partial charge in [0.05, 0.1) is 13.7 Å². The maximum Gasteiger partial charge on any atom is 0.341 e. The van der Waals surface area contributed by atoms with E-state index in [-0.39, 0.29) is 16.1 Å². The highest BCUT2D eigenvalue weighted by atomic mass is 32.1. The molecule has 2 aromatic carbocycles. The highest BCUT2D eigenvalue weighted by molar-refractivity contribution is 7.17. The lowest BCUT2D eigenvalue weighted by atomic mass is 10.0. The van der Waals surface area contributed by atoms with Gasteiger partial charge in [0.1, 0.15) is 33.8 Å². The van der Waals surface area contributed by atoms with Crippen LogP contribution in [-0.4, -0.2) is 25.6 Å². The monoisotopic (exact) mass is 464 g/mol. The van der Waals surface area contributed by atoms with Crippen molar-refractivity contribution in [2.75, 3.05) is 19.0 Å². The summed E-state index contributed by atoms with van der Waals surface area (Å²) in [6.45, 7) is 4.19. The first-order chi connectivity index (χ1) is 15.9. The van der Waals surface area contributed by atoms with E-state index in [4.69, 9.17) is 9.47 Å². The average molecular weight is 465 g/mol. The number of anilines is 1. The van der Waals surface area contributed by atoms with Crippen LogP contribution in [0.15, 0.2) is 54.1 Å². The molecule has 3 aromatic rings. The molecule has 0 aliphatic carbocycles. The number of benzene rings is 2. The highest BCUT2D eigenvalue weighted by Gasteiger charge is 2.26. The Kier molecular flexibility index (Phi) is 7.59. The fourth-order valence-electron chi connectivity index (χ4n) is 3.21. The van der Waals surface area contributed by atoms with E-state index in [2.05, 4.69) is 5.32 Å². The lowest BCUT2D eigenvalue weighted by Gasteiger charge is -2.08. The van der Waals surface area contributed by atoms with Crippen molar-refractivity contribution in [2.45, 2.75) is 13.8 Å². The van der Waals surface area contributed by atoms with Crippen molar-refractivity contribution in [3.8, 4) is 22.9 Å². The summed E-state index contributed by atoms with van der Waals surface area (Å²) in [7, 11) is 1.24. The van der Waals surface area contributed by atoms with Gasteiger partial charge in [-0.05, 0) is 55.3 Å². The predicted octanol–water partition coefficient (Wildman–Crippen LogP) is 5.59. The SMILES string of the molecule is CCOc1ccc(/C=C(\C#N)C(=O)Nc2sc(C)c(-c3ccc(F)cc3)c2C(=O)OC)cc1. The molecule has 0 saturated carbocycles. The van der Waals surface area contributed by atoms with Crippen LogP contribution in [0.5, 0.6) is 5.75 Å². The Morgan fingerprint density at radius 2 is 1.82 bits per heavy atom. The zero-order chi connectivity index (χ0) is 24.0. The maximum absolute atomic E-state index is 13.4. The Balaban J connectivity index is 1.95. The number of esters is 1. The van der Waals surface area contributed by atoms with E-state index in [0.717, 1.165) is 4.88 Å². The van der Waals surface area contributed by atoms with E-state index in [1.807, 2.05) is 13.0 Å². The minimum absolute atomic E-state index is 0.135. The molecule has 0 spiro atoms. The third-order valence-corrected chi connectivity index (χ3v) is 5.72. The van der Waals surface area contributed by atoms with E-state index in [1.165, 1.54) is 36.7 Å². The zero-order valence-electron chi connectivity index (χ0n) is 18.3. The second-order valence-corrected chi connectivity index (χ2v) is 8.09. The van der Waals surface area contributed by atoms with Gasteiger partial charge in [-0.1, -0.05) is 24.3 Å². The molecule has 0 saturated heterocycles. The first kappa shape index (κ1) is 23.7. The zero-order valence-corrected chi connectivity index (χ0v) is 19.1.